The van der Waals surface area contributed by atoms with Crippen molar-refractivity contribution in [2.24, 2.45) is 0 Å². The fourth-order valence-corrected chi connectivity index (χ4v) is 4.72. The largest absolute Gasteiger partial charge is 0.573 e. The summed E-state index contributed by atoms with van der Waals surface area (Å²) >= 11 is 0. The number of pyridine rings is 1. The van der Waals surface area contributed by atoms with Gasteiger partial charge >= 0.3 is 12.3 Å². The third kappa shape index (κ3) is 5.32. The van der Waals surface area contributed by atoms with E-state index in [1.807, 2.05) is 12.1 Å². The normalized spacial score (nSPS) is 17.1. The molecule has 1 N–H and O–H groups in total. The van der Waals surface area contributed by atoms with Crippen LogP contribution < -0.4 is 9.47 Å². The van der Waals surface area contributed by atoms with E-state index in [0.29, 0.717) is 23.4 Å². The zero-order valence-electron chi connectivity index (χ0n) is 16.9. The molecule has 0 spiro atoms. The molecule has 2 heterocycles. The van der Waals surface area contributed by atoms with Gasteiger partial charge in [-0.3, -0.25) is 4.79 Å². The predicted molar refractivity (Wildman–Crippen MR) is 111 cm³/mol. The predicted octanol–water partition coefficient (Wildman–Crippen LogP) is 4.48. The molecule has 4 rings (SSSR count). The van der Waals surface area contributed by atoms with E-state index in [0.717, 1.165) is 17.7 Å². The summed E-state index contributed by atoms with van der Waals surface area (Å²) in [7, 11) is -1.78. The highest BCUT2D eigenvalue weighted by atomic mass is 32.2. The molecule has 0 fully saturated rings. The van der Waals surface area contributed by atoms with Crippen LogP contribution in [0.4, 0.5) is 13.2 Å². The van der Waals surface area contributed by atoms with Gasteiger partial charge in [0.15, 0.2) is 0 Å². The lowest BCUT2D eigenvalue weighted by molar-refractivity contribution is -0.274. The number of fused-ring (bicyclic) bond motifs is 1. The van der Waals surface area contributed by atoms with Crippen LogP contribution in [-0.4, -0.2) is 37.5 Å². The van der Waals surface area contributed by atoms with E-state index < -0.39 is 29.4 Å². The highest BCUT2D eigenvalue weighted by molar-refractivity contribution is 7.82. The summed E-state index contributed by atoms with van der Waals surface area (Å²) in [5, 5.41) is 9.76. The quantitative estimate of drug-likeness (QED) is 0.562. The average molecular weight is 478 g/mol. The van der Waals surface area contributed by atoms with Gasteiger partial charge in [0.25, 0.3) is 0 Å². The molecule has 0 saturated carbocycles. The van der Waals surface area contributed by atoms with Gasteiger partial charge in [0.05, 0.1) is 4.90 Å². The van der Waals surface area contributed by atoms with Crippen molar-refractivity contribution in [3.8, 4) is 17.4 Å². The molecule has 1 aliphatic heterocycles. The Morgan fingerprint density at radius 3 is 2.39 bits per heavy atom. The molecular formula is C22H17F3N2O5S. The number of rotatable bonds is 6. The first-order valence-electron chi connectivity index (χ1n) is 9.70. The molecule has 1 aliphatic rings. The van der Waals surface area contributed by atoms with E-state index in [2.05, 4.69) is 9.72 Å². The minimum absolute atomic E-state index is 0.124. The summed E-state index contributed by atoms with van der Waals surface area (Å²) in [6.07, 6.45) is -2.91. The fraction of sp³-hybridized carbons (Fsp3) is 0.182. The van der Waals surface area contributed by atoms with Gasteiger partial charge in [-0.25, -0.2) is 13.5 Å². The lowest BCUT2D eigenvalue weighted by Crippen LogP contribution is -2.40. The van der Waals surface area contributed by atoms with Gasteiger partial charge in [0, 0.05) is 18.8 Å². The van der Waals surface area contributed by atoms with Crippen LogP contribution in [0, 0.1) is 0 Å². The van der Waals surface area contributed by atoms with E-state index in [1.54, 1.807) is 12.1 Å². The monoisotopic (exact) mass is 478 g/mol. The molecule has 2 aromatic carbocycles. The second kappa shape index (κ2) is 9.20. The Kier molecular flexibility index (Phi) is 6.34. The van der Waals surface area contributed by atoms with Crippen molar-refractivity contribution < 1.29 is 36.8 Å². The zero-order valence-corrected chi connectivity index (χ0v) is 17.7. The summed E-state index contributed by atoms with van der Waals surface area (Å²) in [4.78, 5) is 16.3. The van der Waals surface area contributed by atoms with Crippen molar-refractivity contribution in [3.63, 3.8) is 0 Å². The maximum Gasteiger partial charge on any atom is 0.573 e. The molecular weight excluding hydrogens is 461 g/mol. The van der Waals surface area contributed by atoms with Crippen LogP contribution in [0.2, 0.25) is 0 Å². The Balaban J connectivity index is 1.47. The molecule has 172 valence electrons. The first kappa shape index (κ1) is 22.7. The molecule has 2 unspecified atom stereocenters. The number of ether oxygens (including phenoxy) is 2. The Morgan fingerprint density at radius 1 is 1.06 bits per heavy atom. The van der Waals surface area contributed by atoms with Crippen LogP contribution >= 0.6 is 0 Å². The standard InChI is InChI=1S/C22H17F3N2O5S/c23-22(24,25)32-16-7-5-15(6-8-16)31-19-10-9-17(13-26-19)33(30)27-12-11-14-3-1-2-4-18(14)20(27)21(28)29/h1-10,13,20H,11-12H2,(H,28,29). The van der Waals surface area contributed by atoms with Crippen molar-refractivity contribution in [2.75, 3.05) is 6.54 Å². The zero-order chi connectivity index (χ0) is 23.6. The maximum atomic E-state index is 13.1. The molecule has 3 aromatic rings. The second-order valence-corrected chi connectivity index (χ2v) is 8.47. The second-order valence-electron chi connectivity index (χ2n) is 7.03. The number of carboxylic acid groups (broad SMARTS) is 1. The van der Waals surface area contributed by atoms with Crippen LogP contribution in [0.3, 0.4) is 0 Å². The summed E-state index contributed by atoms with van der Waals surface area (Å²) in [6, 6.07) is 13.8. The Bertz CT molecular complexity index is 1170. The number of hydrogen-bond acceptors (Lipinski definition) is 5. The van der Waals surface area contributed by atoms with E-state index in [4.69, 9.17) is 4.74 Å². The molecule has 11 heteroatoms. The first-order chi connectivity index (χ1) is 15.7. The number of aromatic nitrogens is 1. The number of carboxylic acids is 1. The average Bonchev–Trinajstić information content (AvgIpc) is 2.78. The van der Waals surface area contributed by atoms with Gasteiger partial charge in [-0.15, -0.1) is 13.2 Å². The molecule has 0 saturated heterocycles. The van der Waals surface area contributed by atoms with Crippen LogP contribution in [0.25, 0.3) is 0 Å². The molecule has 1 aromatic heterocycles. The molecule has 33 heavy (non-hydrogen) atoms. The lowest BCUT2D eigenvalue weighted by atomic mass is 9.94. The van der Waals surface area contributed by atoms with Crippen molar-refractivity contribution in [3.05, 3.63) is 78.0 Å². The van der Waals surface area contributed by atoms with Crippen LogP contribution in [0.1, 0.15) is 17.2 Å². The smallest absolute Gasteiger partial charge is 0.480 e. The third-order valence-corrected chi connectivity index (χ3v) is 6.34. The van der Waals surface area contributed by atoms with Crippen LogP contribution in [0.15, 0.2) is 71.8 Å². The maximum absolute atomic E-state index is 13.1. The number of carbonyl (C=O) groups is 1. The van der Waals surface area contributed by atoms with Gasteiger partial charge in [0.1, 0.15) is 28.5 Å². The number of aliphatic carboxylic acids is 1. The number of halogens is 3. The first-order valence-corrected chi connectivity index (χ1v) is 10.8. The molecule has 0 amide bonds. The highest BCUT2D eigenvalue weighted by Gasteiger charge is 2.36. The SMILES string of the molecule is O=C(O)C1c2ccccc2CCN1S(=O)c1ccc(Oc2ccc(OC(F)(F)F)cc2)nc1. The Labute approximate surface area is 189 Å². The van der Waals surface area contributed by atoms with E-state index >= 15 is 0 Å². The van der Waals surface area contributed by atoms with Gasteiger partial charge in [0.2, 0.25) is 5.88 Å². The summed E-state index contributed by atoms with van der Waals surface area (Å²) in [5.41, 5.74) is 1.52. The number of nitrogens with zero attached hydrogens (tertiary/aromatic N) is 2. The summed E-state index contributed by atoms with van der Waals surface area (Å²) in [6.45, 7) is 0.297. The van der Waals surface area contributed by atoms with Crippen molar-refractivity contribution in [1.29, 1.82) is 0 Å². The minimum Gasteiger partial charge on any atom is -0.480 e. The van der Waals surface area contributed by atoms with E-state index in [1.165, 1.54) is 34.8 Å². The molecule has 0 bridgehead atoms. The van der Waals surface area contributed by atoms with Crippen LogP contribution in [-0.2, 0) is 22.2 Å². The fourth-order valence-electron chi connectivity index (χ4n) is 3.47. The van der Waals surface area contributed by atoms with Crippen molar-refractivity contribution >= 4 is 17.0 Å². The Hall–Kier alpha value is -3.44. The number of hydrogen-bond donors (Lipinski definition) is 1. The van der Waals surface area contributed by atoms with Gasteiger partial charge in [-0.05, 0) is 47.9 Å². The number of alkyl halides is 3. The van der Waals surface area contributed by atoms with Crippen LogP contribution in [0.5, 0.6) is 17.4 Å². The molecule has 2 atom stereocenters. The van der Waals surface area contributed by atoms with Gasteiger partial charge in [-0.2, -0.15) is 0 Å². The number of benzene rings is 2. The topological polar surface area (TPSA) is 89.0 Å². The van der Waals surface area contributed by atoms with E-state index in [-0.39, 0.29) is 17.4 Å². The van der Waals surface area contributed by atoms with E-state index in [9.17, 15) is 27.3 Å². The third-order valence-electron chi connectivity index (χ3n) is 4.88. The molecule has 0 aliphatic carbocycles. The summed E-state index contributed by atoms with van der Waals surface area (Å²) < 4.78 is 60.6. The minimum atomic E-state index is -4.79. The highest BCUT2D eigenvalue weighted by Crippen LogP contribution is 2.33. The van der Waals surface area contributed by atoms with Gasteiger partial charge in [-0.1, -0.05) is 24.3 Å². The van der Waals surface area contributed by atoms with Gasteiger partial charge < -0.3 is 14.6 Å². The lowest BCUT2D eigenvalue weighted by Gasteiger charge is -2.33. The van der Waals surface area contributed by atoms with Crippen molar-refractivity contribution in [2.45, 2.75) is 23.7 Å². The van der Waals surface area contributed by atoms with Crippen molar-refractivity contribution in [1.82, 2.24) is 9.29 Å². The molecule has 7 nitrogen and oxygen atoms in total. The summed E-state index contributed by atoms with van der Waals surface area (Å²) in [5.74, 6) is -1.13. The molecule has 0 radical (unpaired) electrons. The Morgan fingerprint density at radius 2 is 1.76 bits per heavy atom.